The molecule has 0 fully saturated rings. The van der Waals surface area contributed by atoms with Gasteiger partial charge >= 0.3 is 0 Å². The fourth-order valence-electron chi connectivity index (χ4n) is 2.88. The van der Waals surface area contributed by atoms with E-state index in [2.05, 4.69) is 10.3 Å². The van der Waals surface area contributed by atoms with Crippen molar-refractivity contribution in [3.63, 3.8) is 0 Å². The summed E-state index contributed by atoms with van der Waals surface area (Å²) in [7, 11) is -3.29. The maximum Gasteiger partial charge on any atom is 0.233 e. The van der Waals surface area contributed by atoms with Gasteiger partial charge in [-0.15, -0.1) is 0 Å². The lowest BCUT2D eigenvalue weighted by Gasteiger charge is -2.20. The molecule has 0 saturated heterocycles. The number of benzene rings is 2. The van der Waals surface area contributed by atoms with E-state index in [0.717, 1.165) is 11.8 Å². The van der Waals surface area contributed by atoms with E-state index in [1.807, 2.05) is 26.0 Å². The van der Waals surface area contributed by atoms with Crippen LogP contribution in [0.5, 0.6) is 0 Å². The molecule has 142 valence electrons. The Bertz CT molecular complexity index is 1090. The number of carbonyl (C=O) groups excluding carboxylic acids is 1. The molecule has 0 unspecified atom stereocenters. The number of rotatable bonds is 5. The third-order valence-electron chi connectivity index (χ3n) is 4.20. The molecule has 3 rings (SSSR count). The number of hydrogen-bond donors (Lipinski definition) is 1. The van der Waals surface area contributed by atoms with Crippen molar-refractivity contribution in [3.8, 4) is 0 Å². The van der Waals surface area contributed by atoms with Gasteiger partial charge in [0.25, 0.3) is 0 Å². The highest BCUT2D eigenvalue weighted by molar-refractivity contribution is 7.90. The molecule has 0 bridgehead atoms. The van der Waals surface area contributed by atoms with Crippen LogP contribution in [0.3, 0.4) is 0 Å². The topological polar surface area (TPSA) is 76.1 Å². The smallest absolute Gasteiger partial charge is 0.233 e. The number of amides is 1. The summed E-state index contributed by atoms with van der Waals surface area (Å²) in [6.45, 7) is 3.96. The quantitative estimate of drug-likeness (QED) is 0.644. The Kier molecular flexibility index (Phi) is 5.55. The summed E-state index contributed by atoms with van der Waals surface area (Å²) in [4.78, 5) is 17.5. The van der Waals surface area contributed by atoms with E-state index in [9.17, 15) is 13.2 Å². The zero-order chi connectivity index (χ0) is 19.8. The second-order valence-corrected chi connectivity index (χ2v) is 10.2. The molecule has 5 nitrogen and oxygen atoms in total. The number of hydrogen-bond acceptors (Lipinski definition) is 5. The molecule has 1 N–H and O–H groups in total. The number of sulfone groups is 1. The van der Waals surface area contributed by atoms with Crippen LogP contribution in [0.15, 0.2) is 47.4 Å². The summed E-state index contributed by atoms with van der Waals surface area (Å²) < 4.78 is 24.1. The van der Waals surface area contributed by atoms with E-state index >= 15 is 0 Å². The van der Waals surface area contributed by atoms with Gasteiger partial charge in [-0.05, 0) is 41.8 Å². The van der Waals surface area contributed by atoms with Crippen molar-refractivity contribution in [3.05, 3.63) is 53.1 Å². The molecule has 0 radical (unpaired) electrons. The molecule has 0 aliphatic heterocycles. The molecule has 2 aromatic carbocycles. The molecule has 1 aromatic heterocycles. The maximum atomic E-state index is 12.9. The van der Waals surface area contributed by atoms with Crippen LogP contribution in [-0.4, -0.2) is 25.6 Å². The highest BCUT2D eigenvalue weighted by atomic mass is 35.5. The molecule has 0 aliphatic carbocycles. The van der Waals surface area contributed by atoms with Crippen LogP contribution < -0.4 is 5.32 Å². The van der Waals surface area contributed by atoms with Gasteiger partial charge in [0.05, 0.1) is 21.0 Å². The Balaban J connectivity index is 1.88. The van der Waals surface area contributed by atoms with Gasteiger partial charge in [0, 0.05) is 11.3 Å². The Morgan fingerprint density at radius 3 is 2.41 bits per heavy atom. The number of anilines is 1. The van der Waals surface area contributed by atoms with Crippen LogP contribution in [0.4, 0.5) is 5.13 Å². The van der Waals surface area contributed by atoms with Crippen molar-refractivity contribution in [2.24, 2.45) is 5.92 Å². The number of halogens is 1. The van der Waals surface area contributed by atoms with Crippen LogP contribution >= 0.6 is 22.9 Å². The molecule has 0 aliphatic rings. The predicted octanol–water partition coefficient (Wildman–Crippen LogP) is 4.73. The lowest BCUT2D eigenvalue weighted by atomic mass is 9.88. The van der Waals surface area contributed by atoms with E-state index in [0.29, 0.717) is 20.4 Å². The summed E-state index contributed by atoms with van der Waals surface area (Å²) in [5, 5.41) is 3.93. The number of nitrogens with one attached hydrogen (secondary N) is 1. The largest absolute Gasteiger partial charge is 0.301 e. The predicted molar refractivity (Wildman–Crippen MR) is 110 cm³/mol. The zero-order valence-corrected chi connectivity index (χ0v) is 17.5. The van der Waals surface area contributed by atoms with Crippen molar-refractivity contribution >= 4 is 54.0 Å². The highest BCUT2D eigenvalue weighted by Crippen LogP contribution is 2.31. The van der Waals surface area contributed by atoms with E-state index in [-0.39, 0.29) is 22.6 Å². The van der Waals surface area contributed by atoms with Gasteiger partial charge in [-0.3, -0.25) is 4.79 Å². The summed E-state index contributed by atoms with van der Waals surface area (Å²) >= 11 is 7.20. The van der Waals surface area contributed by atoms with Crippen molar-refractivity contribution in [1.82, 2.24) is 4.98 Å². The molecule has 0 saturated carbocycles. The average Bonchev–Trinajstić information content (AvgIpc) is 2.97. The third kappa shape index (κ3) is 4.48. The molecule has 1 atom stereocenters. The Morgan fingerprint density at radius 1 is 1.15 bits per heavy atom. The fourth-order valence-corrected chi connectivity index (χ4v) is 4.64. The van der Waals surface area contributed by atoms with E-state index in [4.69, 9.17) is 11.6 Å². The van der Waals surface area contributed by atoms with Gasteiger partial charge < -0.3 is 5.32 Å². The zero-order valence-electron chi connectivity index (χ0n) is 15.1. The van der Waals surface area contributed by atoms with Gasteiger partial charge in [-0.25, -0.2) is 13.4 Å². The standard InChI is InChI=1S/C19H19ClN2O3S2/c1-11(2)17(12-4-6-13(20)7-5-12)18(23)22-19-21-15-9-8-14(27(3,24)25)10-16(15)26-19/h4-11,17H,1-3H3,(H,21,22,23)/t17-/m0/s1. The summed E-state index contributed by atoms with van der Waals surface area (Å²) in [6, 6.07) is 12.0. The van der Waals surface area contributed by atoms with Crippen LogP contribution in [0, 0.1) is 5.92 Å². The van der Waals surface area contributed by atoms with E-state index in [1.165, 1.54) is 17.4 Å². The minimum absolute atomic E-state index is 0.0809. The van der Waals surface area contributed by atoms with E-state index < -0.39 is 9.84 Å². The molecular formula is C19H19ClN2O3S2. The monoisotopic (exact) mass is 422 g/mol. The Labute approximate surface area is 167 Å². The van der Waals surface area contributed by atoms with Crippen LogP contribution in [-0.2, 0) is 14.6 Å². The minimum Gasteiger partial charge on any atom is -0.301 e. The van der Waals surface area contributed by atoms with Gasteiger partial charge in [0.15, 0.2) is 15.0 Å². The Morgan fingerprint density at radius 2 is 1.81 bits per heavy atom. The number of thiazole rings is 1. The van der Waals surface area contributed by atoms with Gasteiger partial charge in [0.2, 0.25) is 5.91 Å². The van der Waals surface area contributed by atoms with Gasteiger partial charge in [0.1, 0.15) is 0 Å². The first-order chi connectivity index (χ1) is 12.6. The summed E-state index contributed by atoms with van der Waals surface area (Å²) in [5.41, 5.74) is 1.53. The normalized spacial score (nSPS) is 13.1. The summed E-state index contributed by atoms with van der Waals surface area (Å²) in [5.74, 6) is -0.423. The second kappa shape index (κ2) is 7.58. The molecule has 1 amide bonds. The van der Waals surface area contributed by atoms with Crippen molar-refractivity contribution in [1.29, 1.82) is 0 Å². The van der Waals surface area contributed by atoms with Crippen LogP contribution in [0.25, 0.3) is 10.2 Å². The van der Waals surface area contributed by atoms with Gasteiger partial charge in [-0.1, -0.05) is 48.9 Å². The second-order valence-electron chi connectivity index (χ2n) is 6.68. The molecule has 3 aromatic rings. The molecule has 1 heterocycles. The number of aromatic nitrogens is 1. The number of fused-ring (bicyclic) bond motifs is 1. The average molecular weight is 423 g/mol. The Hall–Kier alpha value is -1.96. The summed E-state index contributed by atoms with van der Waals surface area (Å²) in [6.07, 6.45) is 1.16. The van der Waals surface area contributed by atoms with Crippen molar-refractivity contribution in [2.45, 2.75) is 24.7 Å². The minimum atomic E-state index is -3.29. The van der Waals surface area contributed by atoms with Crippen LogP contribution in [0.1, 0.15) is 25.3 Å². The first kappa shape index (κ1) is 19.8. The molecule has 27 heavy (non-hydrogen) atoms. The third-order valence-corrected chi connectivity index (χ3v) is 6.49. The fraction of sp³-hybridized carbons (Fsp3) is 0.263. The van der Waals surface area contributed by atoms with Crippen LogP contribution in [0.2, 0.25) is 5.02 Å². The lowest BCUT2D eigenvalue weighted by molar-refractivity contribution is -0.118. The first-order valence-corrected chi connectivity index (χ1v) is 11.4. The number of nitrogens with zero attached hydrogens (tertiary/aromatic N) is 1. The molecule has 0 spiro atoms. The van der Waals surface area contributed by atoms with E-state index in [1.54, 1.807) is 24.3 Å². The highest BCUT2D eigenvalue weighted by Gasteiger charge is 2.25. The first-order valence-electron chi connectivity index (χ1n) is 8.32. The van der Waals surface area contributed by atoms with Crippen molar-refractivity contribution in [2.75, 3.05) is 11.6 Å². The lowest BCUT2D eigenvalue weighted by Crippen LogP contribution is -2.25. The van der Waals surface area contributed by atoms with Gasteiger partial charge in [-0.2, -0.15) is 0 Å². The van der Waals surface area contributed by atoms with Crippen molar-refractivity contribution < 1.29 is 13.2 Å². The SMILES string of the molecule is CC(C)[C@H](C(=O)Nc1nc2ccc(S(C)(=O)=O)cc2s1)c1ccc(Cl)cc1. The maximum absolute atomic E-state index is 12.9. The number of carbonyl (C=O) groups is 1. The molecular weight excluding hydrogens is 404 g/mol. The molecule has 8 heteroatoms.